The fourth-order valence-electron chi connectivity index (χ4n) is 3.17. The van der Waals surface area contributed by atoms with Crippen LogP contribution in [0.3, 0.4) is 0 Å². The Morgan fingerprint density at radius 1 is 1.32 bits per heavy atom. The van der Waals surface area contributed by atoms with Gasteiger partial charge < -0.3 is 9.88 Å². The Bertz CT molecular complexity index is 851. The second-order valence-electron chi connectivity index (χ2n) is 5.85. The van der Waals surface area contributed by atoms with Crippen LogP contribution in [0.2, 0.25) is 0 Å². The number of rotatable bonds is 1. The first-order chi connectivity index (χ1) is 10.7. The third-order valence-electron chi connectivity index (χ3n) is 4.33. The van der Waals surface area contributed by atoms with Crippen LogP contribution in [-0.4, -0.2) is 27.3 Å². The average molecular weight is 291 g/mol. The number of aromatic amines is 1. The van der Waals surface area contributed by atoms with Gasteiger partial charge in [0.25, 0.3) is 5.91 Å². The van der Waals surface area contributed by atoms with E-state index < -0.39 is 0 Å². The van der Waals surface area contributed by atoms with Gasteiger partial charge in [0, 0.05) is 54.1 Å². The maximum atomic E-state index is 12.6. The van der Waals surface area contributed by atoms with Gasteiger partial charge in [-0.1, -0.05) is 11.6 Å². The van der Waals surface area contributed by atoms with E-state index in [1.54, 1.807) is 18.5 Å². The Morgan fingerprint density at radius 3 is 3.05 bits per heavy atom. The zero-order valence-corrected chi connectivity index (χ0v) is 12.5. The number of aryl methyl sites for hydroxylation is 1. The molecule has 1 aromatic carbocycles. The Kier molecular flexibility index (Phi) is 2.96. The van der Waals surface area contributed by atoms with Gasteiger partial charge >= 0.3 is 0 Å². The molecule has 0 saturated heterocycles. The van der Waals surface area contributed by atoms with Crippen LogP contribution in [0, 0.1) is 6.92 Å². The highest BCUT2D eigenvalue weighted by Gasteiger charge is 2.24. The van der Waals surface area contributed by atoms with Gasteiger partial charge in [0.15, 0.2) is 0 Å². The third kappa shape index (κ3) is 2.08. The average Bonchev–Trinajstić information content (AvgIpc) is 2.92. The van der Waals surface area contributed by atoms with Crippen molar-refractivity contribution in [2.75, 3.05) is 6.54 Å². The molecule has 0 saturated carbocycles. The van der Waals surface area contributed by atoms with Crippen LogP contribution in [0.5, 0.6) is 0 Å². The molecule has 0 unspecified atom stereocenters. The van der Waals surface area contributed by atoms with E-state index in [1.807, 2.05) is 11.0 Å². The van der Waals surface area contributed by atoms with Crippen molar-refractivity contribution >= 4 is 16.8 Å². The summed E-state index contributed by atoms with van der Waals surface area (Å²) < 4.78 is 0. The standard InChI is InChI=1S/C18H17N3O/c1-12-4-5-16-14(9-12)15-11-21(8-6-17(15)20-16)18(22)13-3-2-7-19-10-13/h2-5,7,9-10,20H,6,8,11H2,1H3. The number of aromatic nitrogens is 2. The summed E-state index contributed by atoms with van der Waals surface area (Å²) in [7, 11) is 0. The van der Waals surface area contributed by atoms with Crippen molar-refractivity contribution in [3.63, 3.8) is 0 Å². The lowest BCUT2D eigenvalue weighted by molar-refractivity contribution is 0.0734. The fraction of sp³-hybridized carbons (Fsp3) is 0.222. The molecular weight excluding hydrogens is 274 g/mol. The summed E-state index contributed by atoms with van der Waals surface area (Å²) in [4.78, 5) is 22.1. The first-order valence-corrected chi connectivity index (χ1v) is 7.52. The topological polar surface area (TPSA) is 49.0 Å². The van der Waals surface area contributed by atoms with Crippen LogP contribution in [0.1, 0.15) is 27.2 Å². The molecule has 4 nitrogen and oxygen atoms in total. The Hall–Kier alpha value is -2.62. The SMILES string of the molecule is Cc1ccc2[nH]c3c(c2c1)CN(C(=O)c1cccnc1)CC3. The van der Waals surface area contributed by atoms with Crippen molar-refractivity contribution in [3.8, 4) is 0 Å². The molecule has 0 radical (unpaired) electrons. The Balaban J connectivity index is 1.70. The summed E-state index contributed by atoms with van der Waals surface area (Å²) in [6.07, 6.45) is 4.19. The first kappa shape index (κ1) is 13.1. The molecule has 4 rings (SSSR count). The van der Waals surface area contributed by atoms with Crippen LogP contribution >= 0.6 is 0 Å². The largest absolute Gasteiger partial charge is 0.358 e. The highest BCUT2D eigenvalue weighted by Crippen LogP contribution is 2.29. The van der Waals surface area contributed by atoms with Crippen LogP contribution in [0.15, 0.2) is 42.7 Å². The molecule has 3 heterocycles. The number of pyridine rings is 1. The predicted octanol–water partition coefficient (Wildman–Crippen LogP) is 3.07. The summed E-state index contributed by atoms with van der Waals surface area (Å²) in [5.41, 5.74) is 5.57. The maximum Gasteiger partial charge on any atom is 0.255 e. The van der Waals surface area contributed by atoms with Gasteiger partial charge in [0.05, 0.1) is 5.56 Å². The van der Waals surface area contributed by atoms with E-state index in [0.29, 0.717) is 12.1 Å². The number of carbonyl (C=O) groups is 1. The minimum absolute atomic E-state index is 0.0563. The van der Waals surface area contributed by atoms with E-state index in [4.69, 9.17) is 0 Å². The first-order valence-electron chi connectivity index (χ1n) is 7.52. The van der Waals surface area contributed by atoms with Crippen LogP contribution in [-0.2, 0) is 13.0 Å². The lowest BCUT2D eigenvalue weighted by Crippen LogP contribution is -2.35. The molecule has 1 amide bonds. The van der Waals surface area contributed by atoms with Crippen LogP contribution in [0.4, 0.5) is 0 Å². The molecule has 1 aliphatic rings. The molecule has 0 spiro atoms. The van der Waals surface area contributed by atoms with Gasteiger partial charge in [-0.3, -0.25) is 9.78 Å². The molecule has 0 aliphatic carbocycles. The number of H-pyrrole nitrogens is 1. The Morgan fingerprint density at radius 2 is 2.23 bits per heavy atom. The number of benzene rings is 1. The molecule has 0 atom stereocenters. The quantitative estimate of drug-likeness (QED) is 0.749. The molecule has 1 aliphatic heterocycles. The molecule has 4 heteroatoms. The number of fused-ring (bicyclic) bond motifs is 3. The van der Waals surface area contributed by atoms with Gasteiger partial charge in [0.1, 0.15) is 0 Å². The van der Waals surface area contributed by atoms with E-state index in [2.05, 4.69) is 35.1 Å². The third-order valence-corrected chi connectivity index (χ3v) is 4.33. The van der Waals surface area contributed by atoms with Crippen molar-refractivity contribution < 1.29 is 4.79 Å². The van der Waals surface area contributed by atoms with Crippen molar-refractivity contribution in [2.24, 2.45) is 0 Å². The smallest absolute Gasteiger partial charge is 0.255 e. The molecule has 22 heavy (non-hydrogen) atoms. The van der Waals surface area contributed by atoms with Gasteiger partial charge in [-0.15, -0.1) is 0 Å². The van der Waals surface area contributed by atoms with Crippen molar-refractivity contribution in [3.05, 3.63) is 65.1 Å². The van der Waals surface area contributed by atoms with Crippen LogP contribution < -0.4 is 0 Å². The summed E-state index contributed by atoms with van der Waals surface area (Å²) in [5.74, 6) is 0.0563. The van der Waals surface area contributed by atoms with Gasteiger partial charge in [-0.2, -0.15) is 0 Å². The van der Waals surface area contributed by atoms with Crippen molar-refractivity contribution in [2.45, 2.75) is 19.9 Å². The summed E-state index contributed by atoms with van der Waals surface area (Å²) in [6, 6.07) is 10.1. The molecule has 0 bridgehead atoms. The van der Waals surface area contributed by atoms with E-state index in [0.717, 1.165) is 18.5 Å². The number of nitrogens with one attached hydrogen (secondary N) is 1. The number of amides is 1. The highest BCUT2D eigenvalue weighted by molar-refractivity contribution is 5.94. The highest BCUT2D eigenvalue weighted by atomic mass is 16.2. The second-order valence-corrected chi connectivity index (χ2v) is 5.85. The summed E-state index contributed by atoms with van der Waals surface area (Å²) in [6.45, 7) is 3.50. The van der Waals surface area contributed by atoms with Gasteiger partial charge in [-0.05, 0) is 31.2 Å². The van der Waals surface area contributed by atoms with E-state index >= 15 is 0 Å². The van der Waals surface area contributed by atoms with Gasteiger partial charge in [0.2, 0.25) is 0 Å². The number of carbonyl (C=O) groups excluding carboxylic acids is 1. The van der Waals surface area contributed by atoms with Gasteiger partial charge in [-0.25, -0.2) is 0 Å². The molecule has 0 fully saturated rings. The molecule has 1 N–H and O–H groups in total. The maximum absolute atomic E-state index is 12.6. The molecule has 110 valence electrons. The number of hydrogen-bond donors (Lipinski definition) is 1. The lowest BCUT2D eigenvalue weighted by Gasteiger charge is -2.27. The lowest BCUT2D eigenvalue weighted by atomic mass is 10.0. The minimum atomic E-state index is 0.0563. The second kappa shape index (κ2) is 4.98. The van der Waals surface area contributed by atoms with Crippen molar-refractivity contribution in [1.82, 2.24) is 14.9 Å². The molecular formula is C18H17N3O. The van der Waals surface area contributed by atoms with Crippen molar-refractivity contribution in [1.29, 1.82) is 0 Å². The zero-order chi connectivity index (χ0) is 15.1. The molecule has 2 aromatic heterocycles. The summed E-state index contributed by atoms with van der Waals surface area (Å²) in [5, 5.41) is 1.23. The fourth-order valence-corrected chi connectivity index (χ4v) is 3.17. The predicted molar refractivity (Wildman–Crippen MR) is 85.7 cm³/mol. The number of hydrogen-bond acceptors (Lipinski definition) is 2. The Labute approximate surface area is 128 Å². The normalized spacial score (nSPS) is 14.1. The zero-order valence-electron chi connectivity index (χ0n) is 12.5. The van der Waals surface area contributed by atoms with E-state index in [1.165, 1.54) is 22.2 Å². The molecule has 3 aromatic rings. The minimum Gasteiger partial charge on any atom is -0.358 e. The number of nitrogens with zero attached hydrogens (tertiary/aromatic N) is 2. The van der Waals surface area contributed by atoms with E-state index in [9.17, 15) is 4.79 Å². The van der Waals surface area contributed by atoms with E-state index in [-0.39, 0.29) is 5.91 Å². The van der Waals surface area contributed by atoms with Crippen LogP contribution in [0.25, 0.3) is 10.9 Å². The monoisotopic (exact) mass is 291 g/mol. The summed E-state index contributed by atoms with van der Waals surface area (Å²) >= 11 is 0.